The van der Waals surface area contributed by atoms with Crippen LogP contribution in [0.25, 0.3) is 0 Å². The average molecular weight is 173 g/mol. The second-order valence-electron chi connectivity index (χ2n) is 5.19. The van der Waals surface area contributed by atoms with Crippen molar-refractivity contribution in [3.63, 3.8) is 0 Å². The fraction of sp³-hybridized carbons (Fsp3) is 1.00. The lowest BCUT2D eigenvalue weighted by Crippen LogP contribution is -2.29. The largest absolute Gasteiger partial charge is 0.300 e. The molecule has 0 aliphatic carbocycles. The van der Waals surface area contributed by atoms with Crippen molar-refractivity contribution in [1.29, 1.82) is 0 Å². The maximum Gasteiger partial charge on any atom is 0.114 e. The first kappa shape index (κ1) is 9.97. The molecule has 0 N–H and O–H groups in total. The van der Waals surface area contributed by atoms with Crippen molar-refractivity contribution in [3.8, 4) is 0 Å². The van der Waals surface area contributed by atoms with E-state index < -0.39 is 6.17 Å². The molecule has 0 amide bonds. The summed E-state index contributed by atoms with van der Waals surface area (Å²) in [4.78, 5) is 2.15. The lowest BCUT2D eigenvalue weighted by Gasteiger charge is -2.27. The van der Waals surface area contributed by atoms with Crippen LogP contribution < -0.4 is 0 Å². The molecular weight excluding hydrogens is 153 g/mol. The van der Waals surface area contributed by atoms with Gasteiger partial charge in [0.25, 0.3) is 0 Å². The van der Waals surface area contributed by atoms with Gasteiger partial charge in [0.05, 0.1) is 0 Å². The second-order valence-corrected chi connectivity index (χ2v) is 5.19. The summed E-state index contributed by atoms with van der Waals surface area (Å²) < 4.78 is 13.0. The summed E-state index contributed by atoms with van der Waals surface area (Å²) >= 11 is 0. The summed E-state index contributed by atoms with van der Waals surface area (Å²) in [5.74, 6) is 0. The van der Waals surface area contributed by atoms with Gasteiger partial charge >= 0.3 is 0 Å². The zero-order valence-electron chi connectivity index (χ0n) is 8.60. The van der Waals surface area contributed by atoms with Crippen molar-refractivity contribution in [2.75, 3.05) is 13.6 Å². The van der Waals surface area contributed by atoms with Gasteiger partial charge in [0, 0.05) is 12.6 Å². The fourth-order valence-corrected chi connectivity index (χ4v) is 1.96. The van der Waals surface area contributed by atoms with E-state index >= 15 is 0 Å². The number of alkyl halides is 1. The van der Waals surface area contributed by atoms with Crippen molar-refractivity contribution in [3.05, 3.63) is 0 Å². The lowest BCUT2D eigenvalue weighted by molar-refractivity contribution is 0.223. The van der Waals surface area contributed by atoms with Crippen LogP contribution in [0.2, 0.25) is 0 Å². The van der Waals surface area contributed by atoms with Crippen molar-refractivity contribution >= 4 is 0 Å². The SMILES string of the molecule is CN1CC(F)C[C@H]1CC(C)(C)C. The third-order valence-electron chi connectivity index (χ3n) is 2.49. The van der Waals surface area contributed by atoms with E-state index in [2.05, 4.69) is 25.7 Å². The predicted octanol–water partition coefficient (Wildman–Crippen LogP) is 2.46. The molecule has 0 aromatic carbocycles. The van der Waals surface area contributed by atoms with Crippen LogP contribution in [0.5, 0.6) is 0 Å². The lowest BCUT2D eigenvalue weighted by atomic mass is 9.87. The molecule has 2 atom stereocenters. The Morgan fingerprint density at radius 2 is 2.00 bits per heavy atom. The molecule has 0 bridgehead atoms. The maximum absolute atomic E-state index is 13.0. The quantitative estimate of drug-likeness (QED) is 0.589. The van der Waals surface area contributed by atoms with Crippen molar-refractivity contribution in [1.82, 2.24) is 4.90 Å². The Kier molecular flexibility index (Phi) is 2.77. The Labute approximate surface area is 74.9 Å². The molecule has 0 aromatic rings. The molecule has 1 aliphatic heterocycles. The molecule has 0 aromatic heterocycles. The molecule has 0 radical (unpaired) electrons. The van der Waals surface area contributed by atoms with Crippen molar-refractivity contribution in [2.45, 2.75) is 45.8 Å². The number of nitrogens with zero attached hydrogens (tertiary/aromatic N) is 1. The Bertz CT molecular complexity index is 150. The van der Waals surface area contributed by atoms with Crippen LogP contribution in [0.4, 0.5) is 4.39 Å². The zero-order valence-corrected chi connectivity index (χ0v) is 8.60. The summed E-state index contributed by atoms with van der Waals surface area (Å²) in [5.41, 5.74) is 0.322. The van der Waals surface area contributed by atoms with Crippen LogP contribution in [0.1, 0.15) is 33.6 Å². The van der Waals surface area contributed by atoms with E-state index in [9.17, 15) is 4.39 Å². The molecule has 1 aliphatic rings. The average Bonchev–Trinajstić information content (AvgIpc) is 2.06. The third-order valence-corrected chi connectivity index (χ3v) is 2.49. The molecule has 0 spiro atoms. The zero-order chi connectivity index (χ0) is 9.35. The Balaban J connectivity index is 2.43. The van der Waals surface area contributed by atoms with Gasteiger partial charge in [0.2, 0.25) is 0 Å². The van der Waals surface area contributed by atoms with E-state index in [-0.39, 0.29) is 0 Å². The minimum atomic E-state index is -0.595. The number of halogens is 1. The second kappa shape index (κ2) is 3.33. The Hall–Kier alpha value is -0.110. The summed E-state index contributed by atoms with van der Waals surface area (Å²) in [7, 11) is 2.02. The van der Waals surface area contributed by atoms with E-state index in [0.29, 0.717) is 18.0 Å². The summed E-state index contributed by atoms with van der Waals surface area (Å²) in [6.45, 7) is 7.27. The molecule has 1 fully saturated rings. The first-order valence-electron chi connectivity index (χ1n) is 4.73. The van der Waals surface area contributed by atoms with Gasteiger partial charge < -0.3 is 4.90 Å². The van der Waals surface area contributed by atoms with E-state index in [1.54, 1.807) is 0 Å². The summed E-state index contributed by atoms with van der Waals surface area (Å²) in [6, 6.07) is 0.458. The van der Waals surface area contributed by atoms with Gasteiger partial charge in [-0.25, -0.2) is 4.39 Å². The predicted molar refractivity (Wildman–Crippen MR) is 50.0 cm³/mol. The molecule has 1 rings (SSSR count). The van der Waals surface area contributed by atoms with Gasteiger partial charge in [0.1, 0.15) is 6.17 Å². The molecule has 1 heterocycles. The first-order chi connectivity index (χ1) is 5.38. The van der Waals surface area contributed by atoms with E-state index in [0.717, 1.165) is 12.8 Å². The van der Waals surface area contributed by atoms with Gasteiger partial charge in [-0.05, 0) is 25.3 Å². The topological polar surface area (TPSA) is 3.24 Å². The smallest absolute Gasteiger partial charge is 0.114 e. The molecule has 12 heavy (non-hydrogen) atoms. The van der Waals surface area contributed by atoms with Gasteiger partial charge in [-0.15, -0.1) is 0 Å². The molecule has 2 heteroatoms. The number of hydrogen-bond donors (Lipinski definition) is 0. The van der Waals surface area contributed by atoms with Crippen LogP contribution in [-0.2, 0) is 0 Å². The summed E-state index contributed by atoms with van der Waals surface area (Å²) in [5, 5.41) is 0. The van der Waals surface area contributed by atoms with Crippen LogP contribution in [0.3, 0.4) is 0 Å². The van der Waals surface area contributed by atoms with Crippen LogP contribution in [0, 0.1) is 5.41 Å². The van der Waals surface area contributed by atoms with Crippen molar-refractivity contribution in [2.24, 2.45) is 5.41 Å². The number of hydrogen-bond acceptors (Lipinski definition) is 1. The normalized spacial score (nSPS) is 32.8. The Morgan fingerprint density at radius 1 is 1.42 bits per heavy atom. The number of rotatable bonds is 1. The minimum absolute atomic E-state index is 0.322. The fourth-order valence-electron chi connectivity index (χ4n) is 1.96. The van der Waals surface area contributed by atoms with E-state index in [4.69, 9.17) is 0 Å². The third kappa shape index (κ3) is 2.74. The molecule has 72 valence electrons. The highest BCUT2D eigenvalue weighted by Crippen LogP contribution is 2.29. The molecular formula is C10H20FN. The molecule has 1 nitrogen and oxygen atoms in total. The van der Waals surface area contributed by atoms with Crippen LogP contribution >= 0.6 is 0 Å². The highest BCUT2D eigenvalue weighted by Gasteiger charge is 2.31. The molecule has 1 saturated heterocycles. The molecule has 1 unspecified atom stereocenters. The van der Waals surface area contributed by atoms with Crippen LogP contribution in [-0.4, -0.2) is 30.7 Å². The highest BCUT2D eigenvalue weighted by molar-refractivity contribution is 4.85. The van der Waals surface area contributed by atoms with Gasteiger partial charge in [0.15, 0.2) is 0 Å². The number of likely N-dealkylation sites (tertiary alicyclic amines) is 1. The van der Waals surface area contributed by atoms with E-state index in [1.165, 1.54) is 0 Å². The molecule has 0 saturated carbocycles. The van der Waals surface area contributed by atoms with Crippen molar-refractivity contribution < 1.29 is 4.39 Å². The van der Waals surface area contributed by atoms with Gasteiger partial charge in [-0.1, -0.05) is 20.8 Å². The van der Waals surface area contributed by atoms with E-state index in [1.807, 2.05) is 7.05 Å². The van der Waals surface area contributed by atoms with Gasteiger partial charge in [-0.2, -0.15) is 0 Å². The monoisotopic (exact) mass is 173 g/mol. The first-order valence-corrected chi connectivity index (χ1v) is 4.73. The minimum Gasteiger partial charge on any atom is -0.300 e. The maximum atomic E-state index is 13.0. The standard InChI is InChI=1S/C10H20FN/c1-10(2,3)6-9-5-8(11)7-12(9)4/h8-9H,5-7H2,1-4H3/t8?,9-/m0/s1. The highest BCUT2D eigenvalue weighted by atomic mass is 19.1. The summed E-state index contributed by atoms with van der Waals surface area (Å²) in [6.07, 6.45) is 1.24. The van der Waals surface area contributed by atoms with Crippen LogP contribution in [0.15, 0.2) is 0 Å². The van der Waals surface area contributed by atoms with Gasteiger partial charge in [-0.3, -0.25) is 0 Å². The Morgan fingerprint density at radius 3 is 2.33 bits per heavy atom.